The second-order valence-electron chi connectivity index (χ2n) is 5.95. The average molecular weight is 309 g/mol. The van der Waals surface area contributed by atoms with Gasteiger partial charge in [0.05, 0.1) is 6.04 Å². The van der Waals surface area contributed by atoms with Crippen LogP contribution in [0, 0.1) is 0 Å². The Hall–Kier alpha value is -2.49. The van der Waals surface area contributed by atoms with Crippen LogP contribution in [-0.4, -0.2) is 37.1 Å². The highest BCUT2D eigenvalue weighted by Crippen LogP contribution is 2.22. The van der Waals surface area contributed by atoms with Crippen molar-refractivity contribution >= 4 is 17.4 Å². The number of hydrogen-bond donors (Lipinski definition) is 1. The Kier molecular flexibility index (Phi) is 4.51. The molecule has 0 radical (unpaired) electrons. The third-order valence-electron chi connectivity index (χ3n) is 4.50. The Morgan fingerprint density at radius 3 is 2.48 bits per heavy atom. The van der Waals surface area contributed by atoms with Crippen LogP contribution in [0.25, 0.3) is 0 Å². The van der Waals surface area contributed by atoms with Crippen LogP contribution in [0.4, 0.5) is 16.2 Å². The van der Waals surface area contributed by atoms with E-state index in [1.54, 1.807) is 0 Å². The molecule has 0 atom stereocenters. The number of likely N-dealkylation sites (tertiary alicyclic amines) is 1. The molecule has 1 aliphatic heterocycles. The predicted molar refractivity (Wildman–Crippen MR) is 95.0 cm³/mol. The zero-order valence-corrected chi connectivity index (χ0v) is 13.7. The summed E-state index contributed by atoms with van der Waals surface area (Å²) in [5, 5.41) is 3.03. The van der Waals surface area contributed by atoms with Gasteiger partial charge in [-0.25, -0.2) is 4.79 Å². The molecule has 4 heteroatoms. The summed E-state index contributed by atoms with van der Waals surface area (Å²) in [6.07, 6.45) is 0.913. The highest BCUT2D eigenvalue weighted by atomic mass is 16.2. The van der Waals surface area contributed by atoms with Gasteiger partial charge in [-0.1, -0.05) is 43.3 Å². The molecule has 4 nitrogen and oxygen atoms in total. The maximum Gasteiger partial charge on any atom is 0.321 e. The molecule has 0 aliphatic carbocycles. The number of rotatable bonds is 4. The maximum atomic E-state index is 12.4. The quantitative estimate of drug-likeness (QED) is 0.936. The zero-order valence-electron chi connectivity index (χ0n) is 13.7. The van der Waals surface area contributed by atoms with Gasteiger partial charge in [-0.3, -0.25) is 0 Å². The fraction of sp³-hybridized carbons (Fsp3) is 0.316. The number of nitrogens with zero attached hydrogens (tertiary/aromatic N) is 2. The molecule has 0 saturated carbocycles. The van der Waals surface area contributed by atoms with Crippen molar-refractivity contribution in [1.29, 1.82) is 0 Å². The number of urea groups is 1. The lowest BCUT2D eigenvalue weighted by Crippen LogP contribution is -2.61. The number of hydrogen-bond acceptors (Lipinski definition) is 2. The van der Waals surface area contributed by atoms with Crippen LogP contribution in [0.15, 0.2) is 54.6 Å². The number of aryl methyl sites for hydroxylation is 1. The molecule has 0 bridgehead atoms. The van der Waals surface area contributed by atoms with E-state index in [9.17, 15) is 4.79 Å². The van der Waals surface area contributed by atoms with Crippen molar-refractivity contribution in [3.63, 3.8) is 0 Å². The van der Waals surface area contributed by atoms with Crippen LogP contribution in [0.2, 0.25) is 0 Å². The van der Waals surface area contributed by atoms with Crippen LogP contribution in [0.1, 0.15) is 12.5 Å². The molecule has 120 valence electrons. The summed E-state index contributed by atoms with van der Waals surface area (Å²) >= 11 is 0. The molecule has 0 aromatic heterocycles. The van der Waals surface area contributed by atoms with E-state index in [4.69, 9.17) is 0 Å². The van der Waals surface area contributed by atoms with Crippen molar-refractivity contribution in [2.45, 2.75) is 19.4 Å². The number of amides is 2. The molecule has 1 aliphatic rings. The molecule has 0 spiro atoms. The second-order valence-corrected chi connectivity index (χ2v) is 5.95. The summed E-state index contributed by atoms with van der Waals surface area (Å²) in [4.78, 5) is 16.5. The van der Waals surface area contributed by atoms with Crippen molar-refractivity contribution in [1.82, 2.24) is 4.90 Å². The number of anilines is 2. The Balaban J connectivity index is 1.56. The van der Waals surface area contributed by atoms with Crippen LogP contribution in [0.5, 0.6) is 0 Å². The van der Waals surface area contributed by atoms with Gasteiger partial charge < -0.3 is 15.1 Å². The molecule has 1 N–H and O–H groups in total. The molecule has 1 fully saturated rings. The number of carbonyl (C=O) groups is 1. The summed E-state index contributed by atoms with van der Waals surface area (Å²) < 4.78 is 0. The lowest BCUT2D eigenvalue weighted by atomic mass is 10.1. The Bertz CT molecular complexity index is 665. The number of carbonyl (C=O) groups excluding carboxylic acids is 1. The molecule has 2 aromatic rings. The SMILES string of the molecule is CCc1ccccc1NC(=O)N1CC(N(C)c2ccccc2)C1. The minimum Gasteiger partial charge on any atom is -0.368 e. The van der Waals surface area contributed by atoms with Crippen LogP contribution >= 0.6 is 0 Å². The van der Waals surface area contributed by atoms with Crippen molar-refractivity contribution in [2.24, 2.45) is 0 Å². The first-order valence-corrected chi connectivity index (χ1v) is 8.10. The van der Waals surface area contributed by atoms with E-state index in [1.807, 2.05) is 41.3 Å². The molecular weight excluding hydrogens is 286 g/mol. The van der Waals surface area contributed by atoms with Gasteiger partial charge >= 0.3 is 6.03 Å². The van der Waals surface area contributed by atoms with E-state index in [-0.39, 0.29) is 6.03 Å². The van der Waals surface area contributed by atoms with E-state index in [2.05, 4.69) is 42.4 Å². The lowest BCUT2D eigenvalue weighted by Gasteiger charge is -2.44. The van der Waals surface area contributed by atoms with E-state index < -0.39 is 0 Å². The van der Waals surface area contributed by atoms with Gasteiger partial charge in [-0.15, -0.1) is 0 Å². The van der Waals surface area contributed by atoms with Gasteiger partial charge in [0.25, 0.3) is 0 Å². The van der Waals surface area contributed by atoms with Gasteiger partial charge in [0.15, 0.2) is 0 Å². The van der Waals surface area contributed by atoms with Gasteiger partial charge in [0.1, 0.15) is 0 Å². The largest absolute Gasteiger partial charge is 0.368 e. The summed E-state index contributed by atoms with van der Waals surface area (Å²) in [7, 11) is 2.08. The number of para-hydroxylation sites is 2. The molecule has 23 heavy (non-hydrogen) atoms. The van der Waals surface area contributed by atoms with Crippen LogP contribution < -0.4 is 10.2 Å². The van der Waals surface area contributed by atoms with Crippen molar-refractivity contribution in [3.8, 4) is 0 Å². The first kappa shape index (κ1) is 15.4. The minimum atomic E-state index is -0.0105. The van der Waals surface area contributed by atoms with Crippen molar-refractivity contribution < 1.29 is 4.79 Å². The molecule has 1 saturated heterocycles. The monoisotopic (exact) mass is 309 g/mol. The summed E-state index contributed by atoms with van der Waals surface area (Å²) in [5.74, 6) is 0. The van der Waals surface area contributed by atoms with Gasteiger partial charge in [-0.05, 0) is 30.2 Å². The fourth-order valence-corrected chi connectivity index (χ4v) is 2.88. The number of benzene rings is 2. The van der Waals surface area contributed by atoms with Crippen molar-refractivity contribution in [2.75, 3.05) is 30.4 Å². The van der Waals surface area contributed by atoms with Crippen LogP contribution in [-0.2, 0) is 6.42 Å². The van der Waals surface area contributed by atoms with Gasteiger partial charge in [0, 0.05) is 31.5 Å². The predicted octanol–water partition coefficient (Wildman–Crippen LogP) is 3.60. The Labute approximate surface area is 137 Å². The number of likely N-dealkylation sites (N-methyl/N-ethyl adjacent to an activating group) is 1. The smallest absolute Gasteiger partial charge is 0.321 e. The number of nitrogens with one attached hydrogen (secondary N) is 1. The molecule has 2 aromatic carbocycles. The lowest BCUT2D eigenvalue weighted by molar-refractivity contribution is 0.163. The standard InChI is InChI=1S/C19H23N3O/c1-3-15-9-7-8-12-18(15)20-19(23)22-13-17(14-22)21(2)16-10-5-4-6-11-16/h4-12,17H,3,13-14H2,1-2H3,(H,20,23). The Morgan fingerprint density at radius 1 is 1.13 bits per heavy atom. The van der Waals surface area contributed by atoms with Gasteiger partial charge in [-0.2, -0.15) is 0 Å². The minimum absolute atomic E-state index is 0.0105. The first-order valence-electron chi connectivity index (χ1n) is 8.10. The normalized spacial score (nSPS) is 14.3. The van der Waals surface area contributed by atoms with E-state index in [0.717, 1.165) is 25.2 Å². The summed E-state index contributed by atoms with van der Waals surface area (Å²) in [6, 6.07) is 18.6. The van der Waals surface area contributed by atoms with E-state index in [0.29, 0.717) is 6.04 Å². The van der Waals surface area contributed by atoms with E-state index >= 15 is 0 Å². The molecule has 0 unspecified atom stereocenters. The maximum absolute atomic E-state index is 12.4. The topological polar surface area (TPSA) is 35.6 Å². The molecule has 1 heterocycles. The highest BCUT2D eigenvalue weighted by molar-refractivity contribution is 5.90. The zero-order chi connectivity index (χ0) is 16.2. The molecule has 3 rings (SSSR count). The average Bonchev–Trinajstić information content (AvgIpc) is 2.54. The Morgan fingerprint density at radius 2 is 1.78 bits per heavy atom. The first-order chi connectivity index (χ1) is 11.2. The highest BCUT2D eigenvalue weighted by Gasteiger charge is 2.33. The van der Waals surface area contributed by atoms with Gasteiger partial charge in [0.2, 0.25) is 0 Å². The molecule has 2 amide bonds. The van der Waals surface area contributed by atoms with Crippen molar-refractivity contribution in [3.05, 3.63) is 60.2 Å². The third-order valence-corrected chi connectivity index (χ3v) is 4.50. The molecular formula is C19H23N3O. The second kappa shape index (κ2) is 6.73. The summed E-state index contributed by atoms with van der Waals surface area (Å²) in [5.41, 5.74) is 3.27. The third kappa shape index (κ3) is 3.31. The fourth-order valence-electron chi connectivity index (χ4n) is 2.88. The van der Waals surface area contributed by atoms with E-state index in [1.165, 1.54) is 11.3 Å². The summed E-state index contributed by atoms with van der Waals surface area (Å²) in [6.45, 7) is 3.61. The van der Waals surface area contributed by atoms with Crippen LogP contribution in [0.3, 0.4) is 0 Å².